The van der Waals surface area contributed by atoms with E-state index in [4.69, 9.17) is 16.3 Å². The van der Waals surface area contributed by atoms with Crippen molar-refractivity contribution < 1.29 is 4.74 Å². The number of hydrogen-bond acceptors (Lipinski definition) is 3. The van der Waals surface area contributed by atoms with Crippen LogP contribution in [0.2, 0.25) is 5.02 Å². The molecule has 1 spiro atoms. The summed E-state index contributed by atoms with van der Waals surface area (Å²) >= 11 is 6.01. The molecule has 2 fully saturated rings. The van der Waals surface area contributed by atoms with Gasteiger partial charge in [0.2, 0.25) is 0 Å². The SMILES string of the molecule is CCCNC1CC(Oc2cncc(Cl)c2)C12CCCCC2. The second-order valence-electron chi connectivity index (χ2n) is 6.48. The van der Waals surface area contributed by atoms with Gasteiger partial charge in [0.15, 0.2) is 0 Å². The molecule has 0 amide bonds. The molecule has 2 unspecified atom stereocenters. The number of nitrogens with one attached hydrogen (secondary N) is 1. The Morgan fingerprint density at radius 1 is 1.33 bits per heavy atom. The molecular weight excluding hydrogens is 284 g/mol. The summed E-state index contributed by atoms with van der Waals surface area (Å²) in [5.41, 5.74) is 0.329. The second-order valence-corrected chi connectivity index (χ2v) is 6.92. The number of rotatable bonds is 5. The third-order valence-electron chi connectivity index (χ3n) is 5.17. The number of ether oxygens (including phenoxy) is 1. The van der Waals surface area contributed by atoms with Gasteiger partial charge in [0.25, 0.3) is 0 Å². The lowest BCUT2D eigenvalue weighted by Crippen LogP contribution is -2.65. The minimum Gasteiger partial charge on any atom is -0.488 e. The number of aromatic nitrogens is 1. The third-order valence-corrected chi connectivity index (χ3v) is 5.38. The van der Waals surface area contributed by atoms with Gasteiger partial charge in [-0.2, -0.15) is 0 Å². The summed E-state index contributed by atoms with van der Waals surface area (Å²) in [5.74, 6) is 0.811. The normalized spacial score (nSPS) is 27.3. The smallest absolute Gasteiger partial charge is 0.139 e. The van der Waals surface area contributed by atoms with Gasteiger partial charge in [0, 0.05) is 30.1 Å². The molecule has 1 N–H and O–H groups in total. The number of nitrogens with zero attached hydrogens (tertiary/aromatic N) is 1. The monoisotopic (exact) mass is 308 g/mol. The first-order valence-electron chi connectivity index (χ1n) is 8.25. The van der Waals surface area contributed by atoms with Gasteiger partial charge in [-0.3, -0.25) is 4.98 Å². The molecule has 0 saturated heterocycles. The molecule has 1 aromatic heterocycles. The third kappa shape index (κ3) is 3.04. The first kappa shape index (κ1) is 15.1. The molecule has 0 bridgehead atoms. The number of hydrogen-bond donors (Lipinski definition) is 1. The van der Waals surface area contributed by atoms with Gasteiger partial charge in [-0.25, -0.2) is 0 Å². The molecule has 2 aliphatic rings. The van der Waals surface area contributed by atoms with Crippen molar-refractivity contribution in [3.63, 3.8) is 0 Å². The van der Waals surface area contributed by atoms with Gasteiger partial charge in [0.1, 0.15) is 11.9 Å². The van der Waals surface area contributed by atoms with Crippen molar-refractivity contribution in [1.82, 2.24) is 10.3 Å². The average molecular weight is 309 g/mol. The first-order valence-corrected chi connectivity index (χ1v) is 8.63. The Morgan fingerprint density at radius 2 is 2.14 bits per heavy atom. The van der Waals surface area contributed by atoms with Crippen molar-refractivity contribution in [2.75, 3.05) is 6.54 Å². The van der Waals surface area contributed by atoms with Crippen LogP contribution in [-0.4, -0.2) is 23.7 Å². The Hall–Kier alpha value is -0.800. The van der Waals surface area contributed by atoms with Gasteiger partial charge in [-0.15, -0.1) is 0 Å². The molecule has 3 rings (SSSR count). The van der Waals surface area contributed by atoms with E-state index in [2.05, 4.69) is 17.2 Å². The van der Waals surface area contributed by atoms with Gasteiger partial charge in [0.05, 0.1) is 11.2 Å². The van der Waals surface area contributed by atoms with E-state index >= 15 is 0 Å². The van der Waals surface area contributed by atoms with Crippen LogP contribution in [0.5, 0.6) is 5.75 Å². The molecule has 2 aliphatic carbocycles. The van der Waals surface area contributed by atoms with Crippen molar-refractivity contribution in [2.45, 2.75) is 64.0 Å². The fraction of sp³-hybridized carbons (Fsp3) is 0.706. The molecule has 2 saturated carbocycles. The fourth-order valence-corrected chi connectivity index (χ4v) is 4.18. The largest absolute Gasteiger partial charge is 0.488 e. The van der Waals surface area contributed by atoms with Crippen LogP contribution in [0, 0.1) is 5.41 Å². The number of halogens is 1. The maximum Gasteiger partial charge on any atom is 0.139 e. The summed E-state index contributed by atoms with van der Waals surface area (Å²) in [7, 11) is 0. The van der Waals surface area contributed by atoms with Crippen LogP contribution >= 0.6 is 11.6 Å². The average Bonchev–Trinajstić information content (AvgIpc) is 2.51. The van der Waals surface area contributed by atoms with Crippen LogP contribution < -0.4 is 10.1 Å². The summed E-state index contributed by atoms with van der Waals surface area (Å²) in [5, 5.41) is 4.38. The molecule has 2 atom stereocenters. The molecular formula is C17H25ClN2O. The maximum absolute atomic E-state index is 6.25. The summed E-state index contributed by atoms with van der Waals surface area (Å²) in [6, 6.07) is 2.49. The Balaban J connectivity index is 1.70. The van der Waals surface area contributed by atoms with Crippen LogP contribution in [0.1, 0.15) is 51.9 Å². The molecule has 0 radical (unpaired) electrons. The lowest BCUT2D eigenvalue weighted by molar-refractivity contribution is -0.103. The highest BCUT2D eigenvalue weighted by molar-refractivity contribution is 6.30. The van der Waals surface area contributed by atoms with Gasteiger partial charge >= 0.3 is 0 Å². The van der Waals surface area contributed by atoms with Crippen molar-refractivity contribution in [2.24, 2.45) is 5.41 Å². The van der Waals surface area contributed by atoms with Crippen LogP contribution in [0.4, 0.5) is 0 Å². The van der Waals surface area contributed by atoms with E-state index in [0.29, 0.717) is 22.6 Å². The quantitative estimate of drug-likeness (QED) is 0.885. The highest BCUT2D eigenvalue weighted by atomic mass is 35.5. The Kier molecular flexibility index (Phi) is 4.70. The van der Waals surface area contributed by atoms with Crippen molar-refractivity contribution in [3.8, 4) is 5.75 Å². The second kappa shape index (κ2) is 6.53. The molecule has 21 heavy (non-hydrogen) atoms. The van der Waals surface area contributed by atoms with Crippen molar-refractivity contribution in [3.05, 3.63) is 23.5 Å². The summed E-state index contributed by atoms with van der Waals surface area (Å²) in [4.78, 5) is 4.13. The Bertz CT molecular complexity index is 474. The summed E-state index contributed by atoms with van der Waals surface area (Å²) in [6.07, 6.45) is 12.6. The molecule has 1 aromatic rings. The molecule has 1 heterocycles. The van der Waals surface area contributed by atoms with Crippen molar-refractivity contribution >= 4 is 11.6 Å². The van der Waals surface area contributed by atoms with E-state index < -0.39 is 0 Å². The van der Waals surface area contributed by atoms with Crippen LogP contribution in [0.15, 0.2) is 18.5 Å². The minimum absolute atomic E-state index is 0.312. The standard InChI is InChI=1S/C17H25ClN2O/c1-2-8-20-15-10-16(17(15)6-4-3-5-7-17)21-14-9-13(18)11-19-12-14/h9,11-12,15-16,20H,2-8,10H2,1H3. The van der Waals surface area contributed by atoms with E-state index in [9.17, 15) is 0 Å². The van der Waals surface area contributed by atoms with Gasteiger partial charge in [-0.1, -0.05) is 37.8 Å². The van der Waals surface area contributed by atoms with Crippen LogP contribution in [0.3, 0.4) is 0 Å². The Labute approximate surface area is 132 Å². The van der Waals surface area contributed by atoms with Gasteiger partial charge < -0.3 is 10.1 Å². The summed E-state index contributed by atoms with van der Waals surface area (Å²) in [6.45, 7) is 3.34. The lowest BCUT2D eigenvalue weighted by Gasteiger charge is -2.57. The molecule has 0 aliphatic heterocycles. The highest BCUT2D eigenvalue weighted by Gasteiger charge is 2.56. The van der Waals surface area contributed by atoms with Crippen LogP contribution in [0.25, 0.3) is 0 Å². The molecule has 4 heteroatoms. The zero-order valence-electron chi connectivity index (χ0n) is 12.8. The minimum atomic E-state index is 0.312. The maximum atomic E-state index is 6.25. The van der Waals surface area contributed by atoms with E-state index in [0.717, 1.165) is 18.7 Å². The zero-order chi connectivity index (χ0) is 14.7. The predicted octanol–water partition coefficient (Wildman–Crippen LogP) is 4.20. The topological polar surface area (TPSA) is 34.1 Å². The van der Waals surface area contributed by atoms with E-state index in [1.165, 1.54) is 38.5 Å². The molecule has 116 valence electrons. The Morgan fingerprint density at radius 3 is 2.86 bits per heavy atom. The van der Waals surface area contributed by atoms with Crippen molar-refractivity contribution in [1.29, 1.82) is 0 Å². The number of pyridine rings is 1. The first-order chi connectivity index (χ1) is 10.2. The fourth-order valence-electron chi connectivity index (χ4n) is 4.02. The zero-order valence-corrected chi connectivity index (χ0v) is 13.5. The highest BCUT2D eigenvalue weighted by Crippen LogP contribution is 2.53. The van der Waals surface area contributed by atoms with E-state index in [1.807, 2.05) is 6.07 Å². The van der Waals surface area contributed by atoms with Gasteiger partial charge in [-0.05, 0) is 25.8 Å². The van der Waals surface area contributed by atoms with E-state index in [-0.39, 0.29) is 0 Å². The molecule has 3 nitrogen and oxygen atoms in total. The summed E-state index contributed by atoms with van der Waals surface area (Å²) < 4.78 is 6.25. The lowest BCUT2D eigenvalue weighted by atomic mass is 9.55. The van der Waals surface area contributed by atoms with E-state index in [1.54, 1.807) is 12.4 Å². The predicted molar refractivity (Wildman–Crippen MR) is 85.9 cm³/mol. The molecule has 0 aromatic carbocycles. The van der Waals surface area contributed by atoms with Crippen LogP contribution in [-0.2, 0) is 0 Å².